The fourth-order valence-corrected chi connectivity index (χ4v) is 3.17. The topological polar surface area (TPSA) is 17.8 Å². The van der Waals surface area contributed by atoms with Crippen LogP contribution in [0.5, 0.6) is 0 Å². The van der Waals surface area contributed by atoms with E-state index in [2.05, 4.69) is 66.9 Å². The predicted molar refractivity (Wildman–Crippen MR) is 98.6 cm³/mol. The lowest BCUT2D eigenvalue weighted by molar-refractivity contribution is 0.628. The zero-order valence-electron chi connectivity index (χ0n) is 10.9. The highest BCUT2D eigenvalue weighted by Gasteiger charge is 2.15. The van der Waals surface area contributed by atoms with Crippen LogP contribution in [0.15, 0.2) is 54.6 Å². The Morgan fingerprint density at radius 3 is 2.29 bits per heavy atom. The van der Waals surface area contributed by atoms with Crippen molar-refractivity contribution in [1.82, 2.24) is 9.55 Å². The Balaban J connectivity index is 2.05. The Bertz CT molecular complexity index is 752. The Morgan fingerprint density at radius 2 is 1.62 bits per heavy atom. The number of nitrogens with zero attached hydrogens (tertiary/aromatic N) is 2. The van der Waals surface area contributed by atoms with E-state index in [-0.39, 0.29) is 5.82 Å². The molecule has 5 heteroatoms. The lowest BCUT2D eigenvalue weighted by Gasteiger charge is -2.09. The van der Waals surface area contributed by atoms with Crippen molar-refractivity contribution in [3.8, 4) is 11.4 Å². The molecule has 0 aliphatic rings. The third kappa shape index (κ3) is 3.28. The molecule has 0 radical (unpaired) electrons. The van der Waals surface area contributed by atoms with Gasteiger partial charge in [0.2, 0.25) is 0 Å². The molecule has 3 aromatic rings. The highest BCUT2D eigenvalue weighted by molar-refractivity contribution is 14.1. The van der Waals surface area contributed by atoms with Crippen LogP contribution in [0.25, 0.3) is 11.4 Å². The van der Waals surface area contributed by atoms with E-state index in [1.54, 1.807) is 12.1 Å². The second kappa shape index (κ2) is 6.43. The highest BCUT2D eigenvalue weighted by atomic mass is 127. The Kier molecular flexibility index (Phi) is 4.58. The van der Waals surface area contributed by atoms with Gasteiger partial charge in [0, 0.05) is 5.56 Å². The van der Waals surface area contributed by atoms with Gasteiger partial charge >= 0.3 is 0 Å². The summed E-state index contributed by atoms with van der Waals surface area (Å²) in [5.74, 6) is 0.636. The zero-order chi connectivity index (χ0) is 14.8. The first-order valence-corrected chi connectivity index (χ1v) is 8.52. The summed E-state index contributed by atoms with van der Waals surface area (Å²) in [5, 5.41) is 0. The first kappa shape index (κ1) is 15.0. The summed E-state index contributed by atoms with van der Waals surface area (Å²) in [6.45, 7) is 0.752. The molecule has 0 aliphatic carbocycles. The monoisotopic (exact) mass is 504 g/mol. The number of imidazole rings is 1. The van der Waals surface area contributed by atoms with Crippen molar-refractivity contribution in [2.24, 2.45) is 0 Å². The average molecular weight is 504 g/mol. The van der Waals surface area contributed by atoms with Crippen LogP contribution in [0.1, 0.15) is 5.56 Å². The molecule has 2 nitrogen and oxygen atoms in total. The van der Waals surface area contributed by atoms with Crippen LogP contribution in [0.2, 0.25) is 0 Å². The second-order valence-electron chi connectivity index (χ2n) is 4.60. The molecule has 0 amide bonds. The van der Waals surface area contributed by atoms with Crippen molar-refractivity contribution in [1.29, 1.82) is 0 Å². The van der Waals surface area contributed by atoms with Crippen LogP contribution in [0.3, 0.4) is 0 Å². The number of aromatic nitrogens is 2. The van der Waals surface area contributed by atoms with E-state index in [4.69, 9.17) is 0 Å². The van der Waals surface area contributed by atoms with Crippen LogP contribution in [0.4, 0.5) is 4.39 Å². The predicted octanol–water partition coefficient (Wildman–Crippen LogP) is 4.95. The van der Waals surface area contributed by atoms with Gasteiger partial charge in [0.25, 0.3) is 0 Å². The SMILES string of the molecule is Fc1ccc(-c2nc(I)c(I)n2Cc2ccccc2)cc1. The van der Waals surface area contributed by atoms with Crippen molar-refractivity contribution in [3.05, 3.63) is 73.4 Å². The van der Waals surface area contributed by atoms with Crippen molar-refractivity contribution in [2.75, 3.05) is 0 Å². The third-order valence-electron chi connectivity index (χ3n) is 3.15. The minimum Gasteiger partial charge on any atom is -0.314 e. The fourth-order valence-electron chi connectivity index (χ4n) is 2.13. The van der Waals surface area contributed by atoms with Gasteiger partial charge in [0.05, 0.1) is 6.54 Å². The summed E-state index contributed by atoms with van der Waals surface area (Å²) in [5.41, 5.74) is 2.14. The summed E-state index contributed by atoms with van der Waals surface area (Å²) in [7, 11) is 0. The molecule has 3 rings (SSSR count). The molecule has 0 saturated carbocycles. The molecule has 0 bridgehead atoms. The average Bonchev–Trinajstić information content (AvgIpc) is 2.78. The maximum Gasteiger partial charge on any atom is 0.142 e. The van der Waals surface area contributed by atoms with Gasteiger partial charge in [-0.15, -0.1) is 0 Å². The van der Waals surface area contributed by atoms with Crippen molar-refractivity contribution in [2.45, 2.75) is 6.54 Å². The first-order chi connectivity index (χ1) is 10.1. The first-order valence-electron chi connectivity index (χ1n) is 6.36. The lowest BCUT2D eigenvalue weighted by atomic mass is 10.2. The molecule has 1 aromatic heterocycles. The van der Waals surface area contributed by atoms with E-state index in [0.717, 1.165) is 25.3 Å². The molecule has 0 spiro atoms. The summed E-state index contributed by atoms with van der Waals surface area (Å²) in [6, 6.07) is 16.7. The molecule has 0 unspecified atom stereocenters. The van der Waals surface area contributed by atoms with E-state index >= 15 is 0 Å². The van der Waals surface area contributed by atoms with E-state index < -0.39 is 0 Å². The summed E-state index contributed by atoms with van der Waals surface area (Å²) >= 11 is 4.54. The molecule has 0 atom stereocenters. The van der Waals surface area contributed by atoms with Gasteiger partial charge < -0.3 is 4.57 Å². The van der Waals surface area contributed by atoms with Gasteiger partial charge in [-0.1, -0.05) is 30.3 Å². The lowest BCUT2D eigenvalue weighted by Crippen LogP contribution is -2.04. The van der Waals surface area contributed by atoms with Crippen LogP contribution >= 0.6 is 45.2 Å². The number of halogens is 3. The molecular weight excluding hydrogens is 493 g/mol. The molecule has 0 N–H and O–H groups in total. The fraction of sp³-hybridized carbons (Fsp3) is 0.0625. The van der Waals surface area contributed by atoms with E-state index in [1.807, 2.05) is 18.2 Å². The van der Waals surface area contributed by atoms with Crippen LogP contribution in [-0.2, 0) is 6.54 Å². The molecule has 0 aliphatic heterocycles. The Labute approximate surface area is 149 Å². The zero-order valence-corrected chi connectivity index (χ0v) is 15.2. The summed E-state index contributed by atoms with van der Waals surface area (Å²) in [6.07, 6.45) is 0. The third-order valence-corrected chi connectivity index (χ3v) is 6.03. The molecule has 2 aromatic carbocycles. The molecule has 106 valence electrons. The molecule has 0 fully saturated rings. The van der Waals surface area contributed by atoms with E-state index in [1.165, 1.54) is 17.7 Å². The summed E-state index contributed by atoms with van der Waals surface area (Å²) in [4.78, 5) is 4.63. The van der Waals surface area contributed by atoms with E-state index in [9.17, 15) is 4.39 Å². The Morgan fingerprint density at radius 1 is 0.952 bits per heavy atom. The largest absolute Gasteiger partial charge is 0.314 e. The van der Waals surface area contributed by atoms with Gasteiger partial charge in [-0.05, 0) is 75.0 Å². The Hall–Kier alpha value is -0.960. The van der Waals surface area contributed by atoms with Gasteiger partial charge in [-0.3, -0.25) is 0 Å². The van der Waals surface area contributed by atoms with E-state index in [0.29, 0.717) is 0 Å². The minimum atomic E-state index is -0.232. The van der Waals surface area contributed by atoms with Crippen molar-refractivity contribution in [3.63, 3.8) is 0 Å². The highest BCUT2D eigenvalue weighted by Crippen LogP contribution is 2.26. The molecule has 0 saturated heterocycles. The van der Waals surface area contributed by atoms with Crippen molar-refractivity contribution < 1.29 is 4.39 Å². The molecular formula is C16H11FI2N2. The van der Waals surface area contributed by atoms with Crippen LogP contribution in [0, 0.1) is 13.2 Å². The standard InChI is InChI=1S/C16H11FI2N2/c17-13-8-6-12(7-9-13)16-20-14(18)15(19)21(16)10-11-4-2-1-3-5-11/h1-9H,10H2. The van der Waals surface area contributed by atoms with Crippen molar-refractivity contribution >= 4 is 45.2 Å². The number of benzene rings is 2. The minimum absolute atomic E-state index is 0.232. The quantitative estimate of drug-likeness (QED) is 0.463. The normalized spacial score (nSPS) is 10.8. The maximum absolute atomic E-state index is 13.1. The number of hydrogen-bond donors (Lipinski definition) is 0. The van der Waals surface area contributed by atoms with Gasteiger partial charge in [-0.25, -0.2) is 9.37 Å². The molecule has 1 heterocycles. The maximum atomic E-state index is 13.1. The van der Waals surface area contributed by atoms with Gasteiger partial charge in [-0.2, -0.15) is 0 Å². The molecule has 21 heavy (non-hydrogen) atoms. The van der Waals surface area contributed by atoms with Gasteiger partial charge in [0.15, 0.2) is 0 Å². The number of rotatable bonds is 3. The summed E-state index contributed by atoms with van der Waals surface area (Å²) < 4.78 is 17.3. The second-order valence-corrected chi connectivity index (χ2v) is 6.64. The van der Waals surface area contributed by atoms with Gasteiger partial charge in [0.1, 0.15) is 19.0 Å². The number of hydrogen-bond acceptors (Lipinski definition) is 1. The smallest absolute Gasteiger partial charge is 0.142 e. The van der Waals surface area contributed by atoms with Crippen LogP contribution < -0.4 is 0 Å². The van der Waals surface area contributed by atoms with Crippen LogP contribution in [-0.4, -0.2) is 9.55 Å².